The number of nitrogens with zero attached hydrogens (tertiary/aromatic N) is 2. The van der Waals surface area contributed by atoms with Crippen molar-refractivity contribution in [2.45, 2.75) is 13.8 Å². The number of anilines is 1. The predicted molar refractivity (Wildman–Crippen MR) is 80.2 cm³/mol. The van der Waals surface area contributed by atoms with Crippen molar-refractivity contribution in [3.05, 3.63) is 68.8 Å². The number of nitro benzene ring substituents is 1. The molecule has 0 fully saturated rings. The van der Waals surface area contributed by atoms with Gasteiger partial charge in [0.2, 0.25) is 0 Å². The molecule has 0 atom stereocenters. The van der Waals surface area contributed by atoms with Gasteiger partial charge in [-0.25, -0.2) is 4.90 Å². The van der Waals surface area contributed by atoms with Crippen LogP contribution in [0, 0.1) is 24.0 Å². The van der Waals surface area contributed by atoms with Crippen molar-refractivity contribution < 1.29 is 14.5 Å². The van der Waals surface area contributed by atoms with E-state index in [1.807, 2.05) is 13.0 Å². The van der Waals surface area contributed by atoms with E-state index in [1.54, 1.807) is 19.1 Å². The summed E-state index contributed by atoms with van der Waals surface area (Å²) in [4.78, 5) is 36.5. The highest BCUT2D eigenvalue weighted by Crippen LogP contribution is 2.35. The van der Waals surface area contributed by atoms with Crippen LogP contribution in [0.2, 0.25) is 0 Å². The number of nitro groups is 1. The lowest BCUT2D eigenvalue weighted by atomic mass is 10.1. The molecule has 0 radical (unpaired) electrons. The SMILES string of the molecule is Cc1ccc(N2C(=O)c3cccc([N+](=O)[O-])c3C2=O)c(C)c1. The zero-order valence-electron chi connectivity index (χ0n) is 12.0. The smallest absolute Gasteiger partial charge is 0.268 e. The number of aryl methyl sites for hydroxylation is 2. The number of rotatable bonds is 2. The first-order chi connectivity index (χ1) is 10.4. The second-order valence-corrected chi connectivity index (χ2v) is 5.19. The van der Waals surface area contributed by atoms with Crippen molar-refractivity contribution in [3.63, 3.8) is 0 Å². The third-order valence-corrected chi connectivity index (χ3v) is 3.68. The summed E-state index contributed by atoms with van der Waals surface area (Å²) in [6, 6.07) is 9.40. The molecule has 0 N–H and O–H groups in total. The minimum atomic E-state index is -0.653. The van der Waals surface area contributed by atoms with Gasteiger partial charge in [-0.2, -0.15) is 0 Å². The fourth-order valence-electron chi connectivity index (χ4n) is 2.69. The number of imide groups is 1. The van der Waals surface area contributed by atoms with Crippen molar-refractivity contribution in [1.82, 2.24) is 0 Å². The summed E-state index contributed by atoms with van der Waals surface area (Å²) in [5.74, 6) is -1.19. The Hall–Kier alpha value is -3.02. The number of benzene rings is 2. The lowest BCUT2D eigenvalue weighted by Crippen LogP contribution is -2.30. The molecular formula is C16H12N2O4. The summed E-state index contributed by atoms with van der Waals surface area (Å²) >= 11 is 0. The standard InChI is InChI=1S/C16H12N2O4/c1-9-6-7-12(10(2)8-9)17-15(19)11-4-3-5-13(18(21)22)14(11)16(17)20/h3-8H,1-2H3. The topological polar surface area (TPSA) is 80.5 Å². The van der Waals surface area contributed by atoms with E-state index in [4.69, 9.17) is 0 Å². The second-order valence-electron chi connectivity index (χ2n) is 5.19. The molecule has 2 amide bonds. The van der Waals surface area contributed by atoms with Crippen LogP contribution in [0.1, 0.15) is 31.8 Å². The number of hydrogen-bond acceptors (Lipinski definition) is 4. The molecular weight excluding hydrogens is 284 g/mol. The van der Waals surface area contributed by atoms with E-state index in [0.29, 0.717) is 5.69 Å². The third-order valence-electron chi connectivity index (χ3n) is 3.68. The van der Waals surface area contributed by atoms with Gasteiger partial charge in [0.05, 0.1) is 16.2 Å². The Balaban J connectivity index is 2.19. The van der Waals surface area contributed by atoms with Crippen LogP contribution in [0.5, 0.6) is 0 Å². The molecule has 3 rings (SSSR count). The summed E-state index contributed by atoms with van der Waals surface area (Å²) in [5.41, 5.74) is 1.80. The zero-order chi connectivity index (χ0) is 16.0. The fraction of sp³-hybridized carbons (Fsp3) is 0.125. The highest BCUT2D eigenvalue weighted by molar-refractivity contribution is 6.35. The number of carbonyl (C=O) groups is 2. The van der Waals surface area contributed by atoms with E-state index in [-0.39, 0.29) is 16.8 Å². The van der Waals surface area contributed by atoms with E-state index in [9.17, 15) is 19.7 Å². The van der Waals surface area contributed by atoms with Crippen molar-refractivity contribution in [2.75, 3.05) is 4.90 Å². The number of amides is 2. The Bertz CT molecular complexity index is 842. The molecule has 0 saturated carbocycles. The Morgan fingerprint density at radius 3 is 2.41 bits per heavy atom. The lowest BCUT2D eigenvalue weighted by molar-refractivity contribution is -0.385. The Kier molecular flexibility index (Phi) is 3.02. The molecule has 1 heterocycles. The summed E-state index contributed by atoms with van der Waals surface area (Å²) in [6.07, 6.45) is 0. The van der Waals surface area contributed by atoms with Gasteiger partial charge >= 0.3 is 0 Å². The molecule has 1 aliphatic heterocycles. The normalized spacial score (nSPS) is 13.5. The van der Waals surface area contributed by atoms with Crippen LogP contribution in [-0.2, 0) is 0 Å². The number of fused-ring (bicyclic) bond motifs is 1. The first-order valence-electron chi connectivity index (χ1n) is 6.65. The first-order valence-corrected chi connectivity index (χ1v) is 6.65. The van der Waals surface area contributed by atoms with Gasteiger partial charge in [0.25, 0.3) is 17.5 Å². The maximum Gasteiger partial charge on any atom is 0.283 e. The van der Waals surface area contributed by atoms with Gasteiger partial charge in [0, 0.05) is 6.07 Å². The fourth-order valence-corrected chi connectivity index (χ4v) is 2.69. The van der Waals surface area contributed by atoms with E-state index < -0.39 is 16.7 Å². The van der Waals surface area contributed by atoms with E-state index >= 15 is 0 Å². The average Bonchev–Trinajstić information content (AvgIpc) is 2.72. The molecule has 6 heteroatoms. The third kappa shape index (κ3) is 1.88. The lowest BCUT2D eigenvalue weighted by Gasteiger charge is -2.16. The minimum absolute atomic E-state index is 0.0687. The van der Waals surface area contributed by atoms with E-state index in [1.165, 1.54) is 18.2 Å². The van der Waals surface area contributed by atoms with E-state index in [2.05, 4.69) is 0 Å². The van der Waals surface area contributed by atoms with Crippen LogP contribution in [0.4, 0.5) is 11.4 Å². The van der Waals surface area contributed by atoms with Gasteiger partial charge in [0.15, 0.2) is 0 Å². The van der Waals surface area contributed by atoms with Crippen molar-refractivity contribution in [1.29, 1.82) is 0 Å². The van der Waals surface area contributed by atoms with Crippen LogP contribution in [-0.4, -0.2) is 16.7 Å². The van der Waals surface area contributed by atoms with Gasteiger partial charge in [-0.05, 0) is 31.5 Å². The second kappa shape index (κ2) is 4.77. The maximum atomic E-state index is 12.6. The largest absolute Gasteiger partial charge is 0.283 e. The molecule has 110 valence electrons. The van der Waals surface area contributed by atoms with Gasteiger partial charge in [-0.15, -0.1) is 0 Å². The van der Waals surface area contributed by atoms with Crippen LogP contribution < -0.4 is 4.90 Å². The van der Waals surface area contributed by atoms with Crippen molar-refractivity contribution >= 4 is 23.2 Å². The summed E-state index contributed by atoms with van der Waals surface area (Å²) in [6.45, 7) is 3.70. The van der Waals surface area contributed by atoms with Gasteiger partial charge < -0.3 is 0 Å². The maximum absolute atomic E-state index is 12.6. The van der Waals surface area contributed by atoms with Crippen LogP contribution in [0.3, 0.4) is 0 Å². The molecule has 2 aromatic rings. The van der Waals surface area contributed by atoms with Gasteiger partial charge in [0.1, 0.15) is 5.56 Å². The molecule has 22 heavy (non-hydrogen) atoms. The predicted octanol–water partition coefficient (Wildman–Crippen LogP) is 3.01. The summed E-state index contributed by atoms with van der Waals surface area (Å²) < 4.78 is 0. The summed E-state index contributed by atoms with van der Waals surface area (Å²) in [7, 11) is 0. The first kappa shape index (κ1) is 13.9. The highest BCUT2D eigenvalue weighted by Gasteiger charge is 2.42. The molecule has 2 aromatic carbocycles. The van der Waals surface area contributed by atoms with Crippen LogP contribution in [0.25, 0.3) is 0 Å². The summed E-state index contributed by atoms with van der Waals surface area (Å²) in [5, 5.41) is 11.1. The van der Waals surface area contributed by atoms with Crippen molar-refractivity contribution in [3.8, 4) is 0 Å². The van der Waals surface area contributed by atoms with Gasteiger partial charge in [-0.3, -0.25) is 19.7 Å². The molecule has 0 spiro atoms. The number of carbonyl (C=O) groups excluding carboxylic acids is 2. The minimum Gasteiger partial charge on any atom is -0.268 e. The molecule has 0 bridgehead atoms. The quantitative estimate of drug-likeness (QED) is 0.484. The molecule has 0 aliphatic carbocycles. The van der Waals surface area contributed by atoms with Crippen LogP contribution >= 0.6 is 0 Å². The monoisotopic (exact) mass is 296 g/mol. The highest BCUT2D eigenvalue weighted by atomic mass is 16.6. The Morgan fingerprint density at radius 1 is 1.05 bits per heavy atom. The molecule has 0 unspecified atom stereocenters. The Labute approximate surface area is 126 Å². The van der Waals surface area contributed by atoms with E-state index in [0.717, 1.165) is 16.0 Å². The number of hydrogen-bond donors (Lipinski definition) is 0. The zero-order valence-corrected chi connectivity index (χ0v) is 12.0. The van der Waals surface area contributed by atoms with Crippen molar-refractivity contribution in [2.24, 2.45) is 0 Å². The molecule has 0 saturated heterocycles. The van der Waals surface area contributed by atoms with Crippen LogP contribution in [0.15, 0.2) is 36.4 Å². The molecule has 1 aliphatic rings. The van der Waals surface area contributed by atoms with Gasteiger partial charge in [-0.1, -0.05) is 23.8 Å². The molecule has 0 aromatic heterocycles. The molecule has 6 nitrogen and oxygen atoms in total. The average molecular weight is 296 g/mol. The Morgan fingerprint density at radius 2 is 1.77 bits per heavy atom.